The number of benzene rings is 1. The van der Waals surface area contributed by atoms with E-state index >= 15 is 0 Å². The quantitative estimate of drug-likeness (QED) is 0.371. The Balaban J connectivity index is 1.38. The van der Waals surface area contributed by atoms with Gasteiger partial charge in [0, 0.05) is 48.1 Å². The van der Waals surface area contributed by atoms with E-state index in [9.17, 15) is 0 Å². The number of nitrogens with zero attached hydrogens (tertiary/aromatic N) is 6. The molecule has 0 aliphatic carbocycles. The zero-order chi connectivity index (χ0) is 23.2. The van der Waals surface area contributed by atoms with Gasteiger partial charge in [-0.3, -0.25) is 0 Å². The molecule has 174 valence electrons. The Bertz CT molecular complexity index is 1480. The van der Waals surface area contributed by atoms with Crippen LogP contribution in [0.15, 0.2) is 41.9 Å². The van der Waals surface area contributed by atoms with Crippen molar-refractivity contribution in [2.75, 3.05) is 43.4 Å². The van der Waals surface area contributed by atoms with Crippen molar-refractivity contribution < 1.29 is 0 Å². The van der Waals surface area contributed by atoms with Gasteiger partial charge in [-0.15, -0.1) is 16.4 Å². The summed E-state index contributed by atoms with van der Waals surface area (Å²) in [5.74, 6) is 1.77. The van der Waals surface area contributed by atoms with Crippen LogP contribution in [0, 0.1) is 6.92 Å². The molecule has 0 bridgehead atoms. The third kappa shape index (κ3) is 3.89. The van der Waals surface area contributed by atoms with Gasteiger partial charge in [0.05, 0.1) is 40.2 Å². The van der Waals surface area contributed by atoms with Crippen LogP contribution in [-0.2, 0) is 6.54 Å². The standard InChI is InChI=1S/C24H25ClN8S/c1-15-10-16(14-34-15)20-12-27-24-19(11-22(30-33(20)24)32-8-6-31(2)7-9-32)26-13-21-28-18-5-3-4-17(25)23(18)29-21/h3-5,10-12,14,26H,6-9,13H2,1-2H3,(H,28,29). The van der Waals surface area contributed by atoms with E-state index in [1.807, 2.05) is 28.9 Å². The first-order chi connectivity index (χ1) is 16.5. The number of anilines is 2. The van der Waals surface area contributed by atoms with Gasteiger partial charge in [-0.25, -0.2) is 14.5 Å². The number of aromatic amines is 1. The number of likely N-dealkylation sites (N-methyl/N-ethyl adjacent to an activating group) is 1. The average Bonchev–Trinajstić information content (AvgIpc) is 3.56. The van der Waals surface area contributed by atoms with E-state index < -0.39 is 0 Å². The first kappa shape index (κ1) is 21.4. The summed E-state index contributed by atoms with van der Waals surface area (Å²) in [5, 5.41) is 11.4. The topological polar surface area (TPSA) is 77.4 Å². The summed E-state index contributed by atoms with van der Waals surface area (Å²) in [6.07, 6.45) is 1.91. The normalized spacial score (nSPS) is 15.0. The number of para-hydroxylation sites is 1. The lowest BCUT2D eigenvalue weighted by Crippen LogP contribution is -2.45. The molecular weight excluding hydrogens is 468 g/mol. The Morgan fingerprint density at radius 3 is 2.79 bits per heavy atom. The number of H-pyrrole nitrogens is 1. The van der Waals surface area contributed by atoms with E-state index in [1.54, 1.807) is 11.3 Å². The molecule has 0 radical (unpaired) electrons. The van der Waals surface area contributed by atoms with Gasteiger partial charge in [-0.2, -0.15) is 0 Å². The van der Waals surface area contributed by atoms with Gasteiger partial charge >= 0.3 is 0 Å². The van der Waals surface area contributed by atoms with E-state index in [0.29, 0.717) is 11.6 Å². The van der Waals surface area contributed by atoms with Crippen LogP contribution in [0.25, 0.3) is 27.9 Å². The number of fused-ring (bicyclic) bond motifs is 2. The van der Waals surface area contributed by atoms with Crippen molar-refractivity contribution in [2.45, 2.75) is 13.5 Å². The fourth-order valence-corrected chi connectivity index (χ4v) is 5.27. The summed E-state index contributed by atoms with van der Waals surface area (Å²) >= 11 is 8.06. The van der Waals surface area contributed by atoms with E-state index in [1.165, 1.54) is 4.88 Å². The van der Waals surface area contributed by atoms with Crippen molar-refractivity contribution in [3.05, 3.63) is 57.6 Å². The van der Waals surface area contributed by atoms with E-state index in [4.69, 9.17) is 21.7 Å². The van der Waals surface area contributed by atoms with Gasteiger partial charge in [-0.05, 0) is 32.2 Å². The molecule has 1 saturated heterocycles. The van der Waals surface area contributed by atoms with Crippen molar-refractivity contribution in [1.29, 1.82) is 0 Å². The number of halogens is 1. The number of rotatable bonds is 5. The number of nitrogens with one attached hydrogen (secondary N) is 2. The van der Waals surface area contributed by atoms with Crippen molar-refractivity contribution in [2.24, 2.45) is 0 Å². The molecule has 0 saturated carbocycles. The lowest BCUT2D eigenvalue weighted by Gasteiger charge is -2.33. The Labute approximate surface area is 206 Å². The molecule has 1 aromatic carbocycles. The number of aryl methyl sites for hydroxylation is 1. The summed E-state index contributed by atoms with van der Waals surface area (Å²) < 4.78 is 1.97. The van der Waals surface area contributed by atoms with Crippen LogP contribution in [0.5, 0.6) is 0 Å². The molecular formula is C24H25ClN8S. The molecule has 1 aliphatic heterocycles. The summed E-state index contributed by atoms with van der Waals surface area (Å²) in [4.78, 5) is 18.7. The van der Waals surface area contributed by atoms with Crippen LogP contribution in [-0.4, -0.2) is 62.7 Å². The van der Waals surface area contributed by atoms with E-state index in [-0.39, 0.29) is 0 Å². The SMILES string of the molecule is Cc1cc(-c2cnc3c(NCc4nc5cccc(Cl)c5[nH]4)cc(N4CCN(C)CC4)nn23)cs1. The van der Waals surface area contributed by atoms with Crippen LogP contribution < -0.4 is 10.2 Å². The van der Waals surface area contributed by atoms with Gasteiger partial charge in [0.25, 0.3) is 0 Å². The highest BCUT2D eigenvalue weighted by Crippen LogP contribution is 2.30. The van der Waals surface area contributed by atoms with Gasteiger partial charge in [0.15, 0.2) is 11.5 Å². The number of aromatic nitrogens is 5. The molecule has 5 heterocycles. The Morgan fingerprint density at radius 2 is 2.03 bits per heavy atom. The molecule has 0 unspecified atom stereocenters. The van der Waals surface area contributed by atoms with Crippen molar-refractivity contribution in [3.63, 3.8) is 0 Å². The highest BCUT2D eigenvalue weighted by atomic mass is 35.5. The molecule has 4 aromatic heterocycles. The first-order valence-electron chi connectivity index (χ1n) is 11.3. The molecule has 8 nitrogen and oxygen atoms in total. The van der Waals surface area contributed by atoms with Crippen molar-refractivity contribution >= 4 is 51.1 Å². The zero-order valence-electron chi connectivity index (χ0n) is 19.0. The highest BCUT2D eigenvalue weighted by molar-refractivity contribution is 7.10. The third-order valence-corrected chi connectivity index (χ3v) is 7.45. The maximum atomic E-state index is 6.32. The second kappa shape index (κ2) is 8.57. The Kier molecular flexibility index (Phi) is 5.40. The van der Waals surface area contributed by atoms with Crippen LogP contribution in [0.3, 0.4) is 0 Å². The highest BCUT2D eigenvalue weighted by Gasteiger charge is 2.20. The summed E-state index contributed by atoms with van der Waals surface area (Å²) in [5.41, 5.74) is 5.57. The molecule has 6 rings (SSSR count). The minimum absolute atomic E-state index is 0.520. The van der Waals surface area contributed by atoms with Crippen molar-refractivity contribution in [3.8, 4) is 11.3 Å². The largest absolute Gasteiger partial charge is 0.375 e. The Morgan fingerprint density at radius 1 is 1.18 bits per heavy atom. The molecule has 2 N–H and O–H groups in total. The molecule has 34 heavy (non-hydrogen) atoms. The first-order valence-corrected chi connectivity index (χ1v) is 12.6. The van der Waals surface area contributed by atoms with Crippen molar-refractivity contribution in [1.82, 2.24) is 29.5 Å². The number of imidazole rings is 2. The minimum Gasteiger partial charge on any atom is -0.375 e. The lowest BCUT2D eigenvalue weighted by molar-refractivity contribution is 0.311. The third-order valence-electron chi connectivity index (χ3n) is 6.27. The smallest absolute Gasteiger partial charge is 0.177 e. The molecule has 0 atom stereocenters. The molecule has 1 fully saturated rings. The van der Waals surface area contributed by atoms with Gasteiger partial charge < -0.3 is 20.1 Å². The van der Waals surface area contributed by atoms with Crippen LogP contribution in [0.2, 0.25) is 5.02 Å². The molecule has 1 aliphatic rings. The molecule has 10 heteroatoms. The average molecular weight is 493 g/mol. The summed E-state index contributed by atoms with van der Waals surface area (Å²) in [7, 11) is 2.16. The number of thiophene rings is 1. The second-order valence-electron chi connectivity index (χ2n) is 8.70. The predicted molar refractivity (Wildman–Crippen MR) is 139 cm³/mol. The maximum absolute atomic E-state index is 6.32. The zero-order valence-corrected chi connectivity index (χ0v) is 20.6. The van der Waals surface area contributed by atoms with E-state index in [0.717, 1.165) is 71.4 Å². The van der Waals surface area contributed by atoms with Gasteiger partial charge in [-0.1, -0.05) is 17.7 Å². The molecule has 0 amide bonds. The van der Waals surface area contributed by atoms with Crippen LogP contribution >= 0.6 is 22.9 Å². The predicted octanol–water partition coefficient (Wildman–Crippen LogP) is 4.66. The molecule has 5 aromatic rings. The monoisotopic (exact) mass is 492 g/mol. The van der Waals surface area contributed by atoms with Crippen LogP contribution in [0.1, 0.15) is 10.7 Å². The summed E-state index contributed by atoms with van der Waals surface area (Å²) in [6, 6.07) is 10.0. The molecule has 0 spiro atoms. The van der Waals surface area contributed by atoms with Gasteiger partial charge in [0.1, 0.15) is 5.82 Å². The van der Waals surface area contributed by atoms with Crippen LogP contribution in [0.4, 0.5) is 11.5 Å². The Hall–Kier alpha value is -3.14. The number of piperazine rings is 1. The number of hydrogen-bond donors (Lipinski definition) is 2. The fourth-order valence-electron chi connectivity index (χ4n) is 4.36. The fraction of sp³-hybridized carbons (Fsp3) is 0.292. The minimum atomic E-state index is 0.520. The number of hydrogen-bond acceptors (Lipinski definition) is 7. The lowest BCUT2D eigenvalue weighted by atomic mass is 10.2. The van der Waals surface area contributed by atoms with Gasteiger partial charge in [0.2, 0.25) is 0 Å². The second-order valence-corrected chi connectivity index (χ2v) is 10.2. The van der Waals surface area contributed by atoms with E-state index in [2.05, 4.69) is 56.6 Å². The maximum Gasteiger partial charge on any atom is 0.177 e. The summed E-state index contributed by atoms with van der Waals surface area (Å²) in [6.45, 7) is 6.56.